The van der Waals surface area contributed by atoms with E-state index in [4.69, 9.17) is 11.6 Å². The number of hydrogen-bond donors (Lipinski definition) is 0. The molecular weight excluding hydrogens is 336 g/mol. The van der Waals surface area contributed by atoms with Gasteiger partial charge in [0, 0.05) is 26.6 Å². The molecule has 0 saturated carbocycles. The van der Waals surface area contributed by atoms with E-state index in [0.717, 1.165) is 25.1 Å². The molecule has 0 bridgehead atoms. The summed E-state index contributed by atoms with van der Waals surface area (Å²) in [6.07, 6.45) is 4.15. The van der Waals surface area contributed by atoms with Crippen LogP contribution in [0, 0.1) is 5.92 Å². The molecule has 3 rings (SSSR count). The van der Waals surface area contributed by atoms with Crippen LogP contribution in [0.4, 0.5) is 0 Å². The van der Waals surface area contributed by atoms with Gasteiger partial charge in [-0.2, -0.15) is 4.31 Å². The van der Waals surface area contributed by atoms with Crippen LogP contribution in [-0.4, -0.2) is 40.6 Å². The molecular formula is C15H19ClN4O2S. The minimum absolute atomic E-state index is 0.188. The molecule has 0 radical (unpaired) electrons. The number of rotatable bonds is 4. The Balaban J connectivity index is 1.67. The zero-order valence-corrected chi connectivity index (χ0v) is 14.5. The van der Waals surface area contributed by atoms with Gasteiger partial charge in [-0.15, -0.1) is 10.2 Å². The fraction of sp³-hybridized carbons (Fsp3) is 0.467. The van der Waals surface area contributed by atoms with E-state index in [1.165, 1.54) is 4.31 Å². The average molecular weight is 355 g/mol. The van der Waals surface area contributed by atoms with Gasteiger partial charge >= 0.3 is 0 Å². The molecule has 6 nitrogen and oxygen atoms in total. The molecule has 23 heavy (non-hydrogen) atoms. The number of piperidine rings is 1. The van der Waals surface area contributed by atoms with Gasteiger partial charge in [-0.05, 0) is 30.9 Å². The van der Waals surface area contributed by atoms with Crippen molar-refractivity contribution in [2.24, 2.45) is 13.0 Å². The maximum Gasteiger partial charge on any atom is 0.244 e. The first-order chi connectivity index (χ1) is 11.0. The first-order valence-corrected chi connectivity index (χ1v) is 9.38. The maximum atomic E-state index is 12.7. The van der Waals surface area contributed by atoms with E-state index in [0.29, 0.717) is 19.0 Å². The summed E-state index contributed by atoms with van der Waals surface area (Å²) in [5, 5.41) is 8.26. The van der Waals surface area contributed by atoms with Crippen LogP contribution < -0.4 is 0 Å². The van der Waals surface area contributed by atoms with Crippen LogP contribution in [0.3, 0.4) is 0 Å². The number of aryl methyl sites for hydroxylation is 1. The van der Waals surface area contributed by atoms with Crippen molar-refractivity contribution >= 4 is 21.6 Å². The molecule has 0 unspecified atom stereocenters. The van der Waals surface area contributed by atoms with Gasteiger partial charge in [0.2, 0.25) is 10.0 Å². The van der Waals surface area contributed by atoms with Crippen LogP contribution in [0.15, 0.2) is 35.5 Å². The summed E-state index contributed by atoms with van der Waals surface area (Å²) in [4.78, 5) is 0.188. The summed E-state index contributed by atoms with van der Waals surface area (Å²) in [5.41, 5.74) is 0. The zero-order valence-electron chi connectivity index (χ0n) is 12.9. The molecule has 2 aromatic rings. The lowest BCUT2D eigenvalue weighted by atomic mass is 9.94. The third-order valence-corrected chi connectivity index (χ3v) is 6.70. The number of sulfonamides is 1. The molecule has 1 fully saturated rings. The molecule has 0 atom stereocenters. The fourth-order valence-corrected chi connectivity index (χ4v) is 4.86. The van der Waals surface area contributed by atoms with Crippen LogP contribution in [0.25, 0.3) is 0 Å². The highest BCUT2D eigenvalue weighted by atomic mass is 35.5. The van der Waals surface area contributed by atoms with Gasteiger partial charge in [-0.3, -0.25) is 0 Å². The van der Waals surface area contributed by atoms with Gasteiger partial charge in [-0.1, -0.05) is 23.7 Å². The lowest BCUT2D eigenvalue weighted by molar-refractivity contribution is 0.269. The molecule has 0 amide bonds. The second-order valence-corrected chi connectivity index (χ2v) is 8.15. The Bertz CT molecular complexity index is 782. The SMILES string of the molecule is Cn1cnnc1CC1CCN(S(=O)(=O)c2ccccc2Cl)CC1. The molecule has 2 heterocycles. The van der Waals surface area contributed by atoms with E-state index in [1.54, 1.807) is 30.6 Å². The lowest BCUT2D eigenvalue weighted by Crippen LogP contribution is -2.39. The van der Waals surface area contributed by atoms with E-state index in [1.807, 2.05) is 11.6 Å². The normalized spacial score (nSPS) is 17.5. The van der Waals surface area contributed by atoms with Gasteiger partial charge in [-0.25, -0.2) is 8.42 Å². The van der Waals surface area contributed by atoms with E-state index in [2.05, 4.69) is 10.2 Å². The van der Waals surface area contributed by atoms with Crippen molar-refractivity contribution in [3.8, 4) is 0 Å². The molecule has 124 valence electrons. The molecule has 1 aliphatic rings. The minimum atomic E-state index is -3.52. The molecule has 1 aliphatic heterocycles. The van der Waals surface area contributed by atoms with E-state index >= 15 is 0 Å². The number of aromatic nitrogens is 3. The summed E-state index contributed by atoms with van der Waals surface area (Å²) in [5.74, 6) is 1.37. The lowest BCUT2D eigenvalue weighted by Gasteiger charge is -2.31. The van der Waals surface area contributed by atoms with E-state index < -0.39 is 10.0 Å². The van der Waals surface area contributed by atoms with Crippen molar-refractivity contribution in [2.45, 2.75) is 24.2 Å². The molecule has 0 aliphatic carbocycles. The Morgan fingerprint density at radius 1 is 1.26 bits per heavy atom. The third-order valence-electron chi connectivity index (χ3n) is 4.30. The first kappa shape index (κ1) is 16.4. The van der Waals surface area contributed by atoms with Crippen LogP contribution >= 0.6 is 11.6 Å². The van der Waals surface area contributed by atoms with Crippen molar-refractivity contribution in [2.75, 3.05) is 13.1 Å². The second-order valence-electron chi connectivity index (χ2n) is 5.84. The van der Waals surface area contributed by atoms with Crippen LogP contribution in [0.5, 0.6) is 0 Å². The Kier molecular flexibility index (Phi) is 4.70. The predicted molar refractivity (Wildman–Crippen MR) is 87.6 cm³/mol. The van der Waals surface area contributed by atoms with Crippen molar-refractivity contribution in [3.63, 3.8) is 0 Å². The van der Waals surface area contributed by atoms with Crippen molar-refractivity contribution in [1.82, 2.24) is 19.1 Å². The van der Waals surface area contributed by atoms with Gasteiger partial charge < -0.3 is 4.57 Å². The highest BCUT2D eigenvalue weighted by Crippen LogP contribution is 2.28. The summed E-state index contributed by atoms with van der Waals surface area (Å²) < 4.78 is 28.8. The van der Waals surface area contributed by atoms with E-state index in [9.17, 15) is 8.42 Å². The summed E-state index contributed by atoms with van der Waals surface area (Å²) in [6.45, 7) is 1.02. The molecule has 0 spiro atoms. The number of halogens is 1. The second kappa shape index (κ2) is 6.59. The van der Waals surface area contributed by atoms with Crippen LogP contribution in [-0.2, 0) is 23.5 Å². The Morgan fingerprint density at radius 3 is 2.57 bits per heavy atom. The van der Waals surface area contributed by atoms with Crippen LogP contribution in [0.2, 0.25) is 5.02 Å². The number of benzene rings is 1. The van der Waals surface area contributed by atoms with Crippen molar-refractivity contribution in [3.05, 3.63) is 41.4 Å². The highest BCUT2D eigenvalue weighted by molar-refractivity contribution is 7.89. The Morgan fingerprint density at radius 2 is 1.96 bits per heavy atom. The summed E-state index contributed by atoms with van der Waals surface area (Å²) in [7, 11) is -1.60. The maximum absolute atomic E-state index is 12.7. The summed E-state index contributed by atoms with van der Waals surface area (Å²) in [6, 6.07) is 6.59. The summed E-state index contributed by atoms with van der Waals surface area (Å²) >= 11 is 6.05. The van der Waals surface area contributed by atoms with Crippen molar-refractivity contribution in [1.29, 1.82) is 0 Å². The van der Waals surface area contributed by atoms with Crippen molar-refractivity contribution < 1.29 is 8.42 Å². The molecule has 1 aromatic carbocycles. The molecule has 0 N–H and O–H groups in total. The van der Waals surface area contributed by atoms with Crippen LogP contribution in [0.1, 0.15) is 18.7 Å². The minimum Gasteiger partial charge on any atom is -0.321 e. The smallest absolute Gasteiger partial charge is 0.244 e. The standard InChI is InChI=1S/C15H19ClN4O2S/c1-19-11-17-18-15(19)10-12-6-8-20(9-7-12)23(21,22)14-5-3-2-4-13(14)16/h2-5,11-12H,6-10H2,1H3. The molecule has 8 heteroatoms. The predicted octanol–water partition coefficient (Wildman–Crippen LogP) is 2.11. The average Bonchev–Trinajstić information content (AvgIpc) is 2.93. The Hall–Kier alpha value is -1.44. The quantitative estimate of drug-likeness (QED) is 0.843. The fourth-order valence-electron chi connectivity index (χ4n) is 2.90. The van der Waals surface area contributed by atoms with Gasteiger partial charge in [0.15, 0.2) is 0 Å². The third kappa shape index (κ3) is 3.41. The highest BCUT2D eigenvalue weighted by Gasteiger charge is 2.31. The molecule has 1 saturated heterocycles. The largest absolute Gasteiger partial charge is 0.321 e. The first-order valence-electron chi connectivity index (χ1n) is 7.56. The zero-order chi connectivity index (χ0) is 16.4. The Labute approximate surface area is 141 Å². The van der Waals surface area contributed by atoms with Gasteiger partial charge in [0.05, 0.1) is 5.02 Å². The van der Waals surface area contributed by atoms with E-state index in [-0.39, 0.29) is 9.92 Å². The monoisotopic (exact) mass is 354 g/mol. The number of hydrogen-bond acceptors (Lipinski definition) is 4. The van der Waals surface area contributed by atoms with Gasteiger partial charge in [0.1, 0.15) is 17.0 Å². The molecule has 1 aromatic heterocycles. The number of nitrogens with zero attached hydrogens (tertiary/aromatic N) is 4. The topological polar surface area (TPSA) is 68.1 Å². The van der Waals surface area contributed by atoms with Gasteiger partial charge in [0.25, 0.3) is 0 Å².